The third-order valence-electron chi connectivity index (χ3n) is 3.67. The predicted octanol–water partition coefficient (Wildman–Crippen LogP) is 1.59. The number of aromatic nitrogens is 3. The van der Waals surface area contributed by atoms with E-state index < -0.39 is 12.0 Å². The highest BCUT2D eigenvalue weighted by Crippen LogP contribution is 2.23. The zero-order chi connectivity index (χ0) is 18.5. The number of carbonyl (C=O) groups excluding carboxylic acids is 2. The normalized spacial score (nSPS) is 12.0. The summed E-state index contributed by atoms with van der Waals surface area (Å²) in [7, 11) is 1.30. The summed E-state index contributed by atoms with van der Waals surface area (Å²) in [6, 6.07) is 7.00. The van der Waals surface area contributed by atoms with Gasteiger partial charge in [0.25, 0.3) is 0 Å². The average Bonchev–Trinajstić information content (AvgIpc) is 3.25. The maximum atomic E-state index is 12.2. The molecule has 8 nitrogen and oxygen atoms in total. The summed E-state index contributed by atoms with van der Waals surface area (Å²) >= 11 is 2.42. The molecule has 4 N–H and O–H groups in total. The number of thioether (sulfide) groups is 1. The van der Waals surface area contributed by atoms with Crippen molar-refractivity contribution in [1.29, 1.82) is 0 Å². The van der Waals surface area contributed by atoms with Crippen LogP contribution in [0.2, 0.25) is 0 Å². The molecule has 2 heterocycles. The Kier molecular flexibility index (Phi) is 5.74. The van der Waals surface area contributed by atoms with Crippen LogP contribution >= 0.6 is 23.1 Å². The Labute approximate surface area is 157 Å². The van der Waals surface area contributed by atoms with Gasteiger partial charge in [-0.2, -0.15) is 0 Å². The second kappa shape index (κ2) is 8.19. The lowest BCUT2D eigenvalue weighted by Gasteiger charge is -2.16. The molecule has 0 spiro atoms. The number of nitrogens with two attached hydrogens (primary N) is 1. The largest absolute Gasteiger partial charge is 0.467 e. The SMILES string of the molecule is COC(=O)C(Cc1c[nH]c2ccccc12)NC(=O)CSc1nnc(N)s1. The summed E-state index contributed by atoms with van der Waals surface area (Å²) in [6.07, 6.45) is 2.17. The summed E-state index contributed by atoms with van der Waals surface area (Å²) in [4.78, 5) is 27.5. The fourth-order valence-corrected chi connectivity index (χ4v) is 3.95. The molecule has 0 saturated carbocycles. The number of benzene rings is 1. The first-order chi connectivity index (χ1) is 12.6. The number of fused-ring (bicyclic) bond motifs is 1. The number of esters is 1. The van der Waals surface area contributed by atoms with E-state index in [1.54, 1.807) is 0 Å². The molecule has 0 aliphatic heterocycles. The molecule has 10 heteroatoms. The van der Waals surface area contributed by atoms with E-state index >= 15 is 0 Å². The fraction of sp³-hybridized carbons (Fsp3) is 0.250. The van der Waals surface area contributed by atoms with E-state index in [0.29, 0.717) is 15.9 Å². The molecule has 0 fully saturated rings. The number of H-pyrrole nitrogens is 1. The Balaban J connectivity index is 1.66. The first kappa shape index (κ1) is 18.2. The van der Waals surface area contributed by atoms with Gasteiger partial charge in [0.15, 0.2) is 4.34 Å². The van der Waals surface area contributed by atoms with E-state index in [2.05, 4.69) is 20.5 Å². The molecule has 3 aromatic rings. The molecule has 0 saturated heterocycles. The van der Waals surface area contributed by atoms with Gasteiger partial charge < -0.3 is 20.8 Å². The van der Waals surface area contributed by atoms with Crippen LogP contribution in [0.1, 0.15) is 5.56 Å². The van der Waals surface area contributed by atoms with Crippen molar-refractivity contribution in [2.45, 2.75) is 16.8 Å². The molecule has 26 heavy (non-hydrogen) atoms. The number of anilines is 1. The molecule has 2 aromatic heterocycles. The third kappa shape index (κ3) is 4.33. The number of nitrogens with zero attached hydrogens (tertiary/aromatic N) is 2. The van der Waals surface area contributed by atoms with Gasteiger partial charge in [-0.1, -0.05) is 41.3 Å². The quantitative estimate of drug-likeness (QED) is 0.413. The lowest BCUT2D eigenvalue weighted by molar-refractivity contribution is -0.144. The van der Waals surface area contributed by atoms with Gasteiger partial charge in [-0.15, -0.1) is 10.2 Å². The van der Waals surface area contributed by atoms with Crippen molar-refractivity contribution in [2.75, 3.05) is 18.6 Å². The molecule has 3 rings (SSSR count). The third-order valence-corrected chi connectivity index (χ3v) is 5.55. The molecule has 0 aliphatic rings. The van der Waals surface area contributed by atoms with E-state index in [1.165, 1.54) is 30.2 Å². The van der Waals surface area contributed by atoms with Crippen LogP contribution in [0.15, 0.2) is 34.8 Å². The second-order valence-electron chi connectivity index (χ2n) is 5.40. The number of amides is 1. The predicted molar refractivity (Wildman–Crippen MR) is 101 cm³/mol. The van der Waals surface area contributed by atoms with E-state index in [1.807, 2.05) is 30.5 Å². The number of carbonyl (C=O) groups is 2. The summed E-state index contributed by atoms with van der Waals surface area (Å²) < 4.78 is 5.43. The Morgan fingerprint density at radius 3 is 2.92 bits per heavy atom. The first-order valence-electron chi connectivity index (χ1n) is 7.70. The molecule has 0 radical (unpaired) electrons. The maximum Gasteiger partial charge on any atom is 0.328 e. The van der Waals surface area contributed by atoms with Gasteiger partial charge in [-0.3, -0.25) is 4.79 Å². The van der Waals surface area contributed by atoms with E-state index in [-0.39, 0.29) is 11.7 Å². The second-order valence-corrected chi connectivity index (χ2v) is 7.63. The minimum Gasteiger partial charge on any atom is -0.467 e. The van der Waals surface area contributed by atoms with Crippen LogP contribution in [0.3, 0.4) is 0 Å². The van der Waals surface area contributed by atoms with Crippen LogP contribution in [0, 0.1) is 0 Å². The number of aromatic amines is 1. The topological polar surface area (TPSA) is 123 Å². The van der Waals surface area contributed by atoms with Gasteiger partial charge in [0.1, 0.15) is 6.04 Å². The van der Waals surface area contributed by atoms with Gasteiger partial charge in [0.05, 0.1) is 12.9 Å². The van der Waals surface area contributed by atoms with E-state index in [4.69, 9.17) is 10.5 Å². The average molecular weight is 391 g/mol. The number of hydrogen-bond donors (Lipinski definition) is 3. The lowest BCUT2D eigenvalue weighted by Crippen LogP contribution is -2.43. The Morgan fingerprint density at radius 2 is 2.19 bits per heavy atom. The number of methoxy groups -OCH3 is 1. The van der Waals surface area contributed by atoms with Gasteiger partial charge in [0.2, 0.25) is 11.0 Å². The van der Waals surface area contributed by atoms with Crippen LogP contribution in [0.25, 0.3) is 10.9 Å². The number of nitrogens with one attached hydrogen (secondary N) is 2. The Morgan fingerprint density at radius 1 is 1.38 bits per heavy atom. The molecule has 1 amide bonds. The Bertz CT molecular complexity index is 923. The standard InChI is InChI=1S/C16H17N5O3S2/c1-24-14(23)12(6-9-7-18-11-5-3-2-4-10(9)11)19-13(22)8-25-16-21-20-15(17)26-16/h2-5,7,12,18H,6,8H2,1H3,(H2,17,20)(H,19,22). The van der Waals surface area contributed by atoms with E-state index in [0.717, 1.165) is 16.5 Å². The number of ether oxygens (including phenoxy) is 1. The van der Waals surface area contributed by atoms with Crippen molar-refractivity contribution >= 4 is 51.0 Å². The van der Waals surface area contributed by atoms with Gasteiger partial charge in [-0.05, 0) is 11.6 Å². The molecule has 1 aromatic carbocycles. The summed E-state index contributed by atoms with van der Waals surface area (Å²) in [6.45, 7) is 0. The fourth-order valence-electron chi connectivity index (χ4n) is 2.50. The number of nitrogen functional groups attached to an aromatic ring is 1. The first-order valence-corrected chi connectivity index (χ1v) is 9.51. The molecule has 0 bridgehead atoms. The molecular weight excluding hydrogens is 374 g/mol. The minimum atomic E-state index is -0.771. The summed E-state index contributed by atoms with van der Waals surface area (Å²) in [5.74, 6) is -0.677. The highest BCUT2D eigenvalue weighted by atomic mass is 32.2. The zero-order valence-electron chi connectivity index (χ0n) is 13.9. The highest BCUT2D eigenvalue weighted by Gasteiger charge is 2.23. The smallest absolute Gasteiger partial charge is 0.328 e. The summed E-state index contributed by atoms with van der Waals surface area (Å²) in [5, 5.41) is 11.6. The van der Waals surface area contributed by atoms with Crippen molar-refractivity contribution in [3.63, 3.8) is 0 Å². The monoisotopic (exact) mass is 391 g/mol. The van der Waals surface area contributed by atoms with Gasteiger partial charge in [-0.25, -0.2) is 4.79 Å². The lowest BCUT2D eigenvalue weighted by atomic mass is 10.0. The van der Waals surface area contributed by atoms with Crippen molar-refractivity contribution in [3.8, 4) is 0 Å². The van der Waals surface area contributed by atoms with E-state index in [9.17, 15) is 9.59 Å². The van der Waals surface area contributed by atoms with Gasteiger partial charge >= 0.3 is 5.97 Å². The van der Waals surface area contributed by atoms with Crippen LogP contribution in [-0.4, -0.2) is 46.0 Å². The molecule has 0 aliphatic carbocycles. The zero-order valence-corrected chi connectivity index (χ0v) is 15.5. The van der Waals surface area contributed by atoms with Crippen LogP contribution in [0.4, 0.5) is 5.13 Å². The molecule has 136 valence electrons. The van der Waals surface area contributed by atoms with Gasteiger partial charge in [0, 0.05) is 23.5 Å². The molecular formula is C16H17N5O3S2. The number of hydrogen-bond acceptors (Lipinski definition) is 8. The van der Waals surface area contributed by atoms with Crippen LogP contribution < -0.4 is 11.1 Å². The van der Waals surface area contributed by atoms with Crippen molar-refractivity contribution in [3.05, 3.63) is 36.0 Å². The van der Waals surface area contributed by atoms with Crippen molar-refractivity contribution < 1.29 is 14.3 Å². The van der Waals surface area contributed by atoms with Crippen molar-refractivity contribution in [1.82, 2.24) is 20.5 Å². The van der Waals surface area contributed by atoms with Crippen LogP contribution in [0.5, 0.6) is 0 Å². The highest BCUT2D eigenvalue weighted by molar-refractivity contribution is 8.01. The van der Waals surface area contributed by atoms with Crippen molar-refractivity contribution in [2.24, 2.45) is 0 Å². The summed E-state index contributed by atoms with van der Waals surface area (Å²) in [5.41, 5.74) is 7.42. The van der Waals surface area contributed by atoms with Crippen LogP contribution in [-0.2, 0) is 20.7 Å². The Hall–Kier alpha value is -2.59. The maximum absolute atomic E-state index is 12.2. The molecule has 1 unspecified atom stereocenters. The number of para-hydroxylation sites is 1. The number of rotatable bonds is 7. The molecule has 1 atom stereocenters. The minimum absolute atomic E-state index is 0.107.